The number of amides is 1. The Morgan fingerprint density at radius 2 is 2.06 bits per heavy atom. The summed E-state index contributed by atoms with van der Waals surface area (Å²) in [5.74, 6) is 2.31. The highest BCUT2D eigenvalue weighted by Gasteiger charge is 2.22. The first-order valence-electron chi connectivity index (χ1n) is 5.89. The Morgan fingerprint density at radius 3 is 2.56 bits per heavy atom. The van der Waals surface area contributed by atoms with Crippen molar-refractivity contribution in [2.75, 3.05) is 16.9 Å². The molecule has 1 aliphatic heterocycles. The van der Waals surface area contributed by atoms with E-state index in [1.165, 1.54) is 5.56 Å². The Kier molecular flexibility index (Phi) is 5.99. The standard InChI is InChI=1S/C13H18N2OS.ClH/c1-9(2)10-3-5-11(6-4-10)15-13(16)12-7-17-8-14-12;/h3-6,9,12,14H,7-8H2,1-2H3,(H,15,16);1H. The van der Waals surface area contributed by atoms with Crippen LogP contribution in [0.4, 0.5) is 5.69 Å². The summed E-state index contributed by atoms with van der Waals surface area (Å²) in [6, 6.07) is 8.02. The zero-order chi connectivity index (χ0) is 12.3. The van der Waals surface area contributed by atoms with E-state index < -0.39 is 0 Å². The predicted molar refractivity (Wildman–Crippen MR) is 80.7 cm³/mol. The van der Waals surface area contributed by atoms with Crippen molar-refractivity contribution < 1.29 is 4.79 Å². The van der Waals surface area contributed by atoms with Crippen molar-refractivity contribution in [2.24, 2.45) is 0 Å². The molecule has 0 radical (unpaired) electrons. The summed E-state index contributed by atoms with van der Waals surface area (Å²) in [7, 11) is 0. The van der Waals surface area contributed by atoms with Gasteiger partial charge in [0.2, 0.25) is 5.91 Å². The number of rotatable bonds is 3. The topological polar surface area (TPSA) is 41.1 Å². The average molecular weight is 287 g/mol. The molecule has 3 nitrogen and oxygen atoms in total. The first-order valence-corrected chi connectivity index (χ1v) is 7.04. The van der Waals surface area contributed by atoms with Crippen LogP contribution in [0.5, 0.6) is 0 Å². The molecule has 1 aliphatic rings. The van der Waals surface area contributed by atoms with Crippen LogP contribution in [-0.4, -0.2) is 23.6 Å². The summed E-state index contributed by atoms with van der Waals surface area (Å²) in [4.78, 5) is 11.8. The first kappa shape index (κ1) is 15.3. The smallest absolute Gasteiger partial charge is 0.242 e. The number of nitrogens with one attached hydrogen (secondary N) is 2. The first-order chi connectivity index (χ1) is 8.16. The number of benzene rings is 1. The molecule has 1 atom stereocenters. The van der Waals surface area contributed by atoms with E-state index in [-0.39, 0.29) is 24.4 Å². The zero-order valence-corrected chi connectivity index (χ0v) is 12.2. The minimum Gasteiger partial charge on any atom is -0.325 e. The van der Waals surface area contributed by atoms with Crippen LogP contribution >= 0.6 is 24.2 Å². The highest BCUT2D eigenvalue weighted by atomic mass is 35.5. The summed E-state index contributed by atoms with van der Waals surface area (Å²) in [6.07, 6.45) is 0. The van der Waals surface area contributed by atoms with E-state index in [9.17, 15) is 4.79 Å². The van der Waals surface area contributed by atoms with Gasteiger partial charge in [-0.25, -0.2) is 0 Å². The van der Waals surface area contributed by atoms with Gasteiger partial charge in [-0.2, -0.15) is 0 Å². The van der Waals surface area contributed by atoms with Crippen LogP contribution in [0.15, 0.2) is 24.3 Å². The van der Waals surface area contributed by atoms with Gasteiger partial charge in [0.25, 0.3) is 0 Å². The van der Waals surface area contributed by atoms with Crippen molar-refractivity contribution in [1.82, 2.24) is 5.32 Å². The highest BCUT2D eigenvalue weighted by molar-refractivity contribution is 7.99. The maximum Gasteiger partial charge on any atom is 0.242 e. The van der Waals surface area contributed by atoms with Crippen molar-refractivity contribution in [3.8, 4) is 0 Å². The van der Waals surface area contributed by atoms with Gasteiger partial charge in [-0.15, -0.1) is 24.2 Å². The molecular weight excluding hydrogens is 268 g/mol. The molecule has 18 heavy (non-hydrogen) atoms. The van der Waals surface area contributed by atoms with Gasteiger partial charge in [0.05, 0.1) is 6.04 Å². The number of carbonyl (C=O) groups excluding carboxylic acids is 1. The van der Waals surface area contributed by atoms with Gasteiger partial charge in [0.1, 0.15) is 0 Å². The minimum absolute atomic E-state index is 0. The molecule has 0 bridgehead atoms. The minimum atomic E-state index is -0.0511. The van der Waals surface area contributed by atoms with Crippen molar-refractivity contribution in [3.63, 3.8) is 0 Å². The van der Waals surface area contributed by atoms with Gasteiger partial charge in [-0.05, 0) is 23.6 Å². The van der Waals surface area contributed by atoms with Crippen molar-refractivity contribution >= 4 is 35.8 Å². The third-order valence-corrected chi connectivity index (χ3v) is 3.82. The van der Waals surface area contributed by atoms with E-state index in [1.54, 1.807) is 11.8 Å². The van der Waals surface area contributed by atoms with E-state index in [1.807, 2.05) is 12.1 Å². The molecule has 1 unspecified atom stereocenters. The molecular formula is C13H19ClN2OS. The second-order valence-corrected chi connectivity index (χ2v) is 5.57. The lowest BCUT2D eigenvalue weighted by molar-refractivity contribution is -0.117. The predicted octanol–water partition coefficient (Wildman–Crippen LogP) is 2.83. The summed E-state index contributed by atoms with van der Waals surface area (Å²) in [6.45, 7) is 4.32. The Labute approximate surface area is 119 Å². The lowest BCUT2D eigenvalue weighted by atomic mass is 10.0. The van der Waals surface area contributed by atoms with E-state index in [0.717, 1.165) is 17.3 Å². The summed E-state index contributed by atoms with van der Waals surface area (Å²) < 4.78 is 0. The molecule has 2 rings (SSSR count). The van der Waals surface area contributed by atoms with Crippen LogP contribution in [0.2, 0.25) is 0 Å². The van der Waals surface area contributed by atoms with Crippen LogP contribution in [0.3, 0.4) is 0 Å². The molecule has 0 saturated carbocycles. The number of anilines is 1. The maximum atomic E-state index is 11.8. The molecule has 1 aromatic carbocycles. The van der Waals surface area contributed by atoms with E-state index in [0.29, 0.717) is 5.92 Å². The van der Waals surface area contributed by atoms with Gasteiger partial charge in [-0.3, -0.25) is 10.1 Å². The quantitative estimate of drug-likeness (QED) is 0.898. The molecule has 1 aromatic rings. The molecule has 1 amide bonds. The summed E-state index contributed by atoms with van der Waals surface area (Å²) in [5, 5.41) is 6.09. The molecule has 1 heterocycles. The molecule has 0 aromatic heterocycles. The number of thioether (sulfide) groups is 1. The van der Waals surface area contributed by atoms with Crippen molar-refractivity contribution in [2.45, 2.75) is 25.8 Å². The third-order valence-electron chi connectivity index (χ3n) is 2.88. The van der Waals surface area contributed by atoms with Crippen LogP contribution < -0.4 is 10.6 Å². The van der Waals surface area contributed by atoms with Crippen LogP contribution in [0.25, 0.3) is 0 Å². The fraction of sp³-hybridized carbons (Fsp3) is 0.462. The van der Waals surface area contributed by atoms with Gasteiger partial charge in [0.15, 0.2) is 0 Å². The molecule has 1 fully saturated rings. The molecule has 2 N–H and O–H groups in total. The van der Waals surface area contributed by atoms with Crippen LogP contribution in [0.1, 0.15) is 25.3 Å². The second-order valence-electron chi connectivity index (χ2n) is 4.54. The number of hydrogen-bond acceptors (Lipinski definition) is 3. The molecule has 5 heteroatoms. The average Bonchev–Trinajstić information content (AvgIpc) is 2.83. The maximum absolute atomic E-state index is 11.8. The molecule has 1 saturated heterocycles. The Balaban J connectivity index is 0.00000162. The molecule has 0 spiro atoms. The SMILES string of the molecule is CC(C)c1ccc(NC(=O)C2CSCN2)cc1.Cl. The largest absolute Gasteiger partial charge is 0.325 e. The van der Waals surface area contributed by atoms with Gasteiger partial charge in [0, 0.05) is 17.3 Å². The lowest BCUT2D eigenvalue weighted by Gasteiger charge is -2.11. The number of carbonyl (C=O) groups is 1. The van der Waals surface area contributed by atoms with Crippen molar-refractivity contribution in [1.29, 1.82) is 0 Å². The summed E-state index contributed by atoms with van der Waals surface area (Å²) >= 11 is 1.76. The van der Waals surface area contributed by atoms with Gasteiger partial charge in [-0.1, -0.05) is 26.0 Å². The number of hydrogen-bond donors (Lipinski definition) is 2. The third kappa shape index (κ3) is 3.90. The van der Waals surface area contributed by atoms with Gasteiger partial charge < -0.3 is 5.32 Å². The fourth-order valence-electron chi connectivity index (χ4n) is 1.74. The molecule has 100 valence electrons. The second kappa shape index (κ2) is 7.02. The normalized spacial score (nSPS) is 18.5. The van der Waals surface area contributed by atoms with Crippen molar-refractivity contribution in [3.05, 3.63) is 29.8 Å². The van der Waals surface area contributed by atoms with E-state index in [4.69, 9.17) is 0 Å². The van der Waals surface area contributed by atoms with E-state index >= 15 is 0 Å². The van der Waals surface area contributed by atoms with Crippen LogP contribution in [0, 0.1) is 0 Å². The highest BCUT2D eigenvalue weighted by Crippen LogP contribution is 2.18. The number of halogens is 1. The Morgan fingerprint density at radius 1 is 1.39 bits per heavy atom. The Bertz CT molecular complexity index is 388. The van der Waals surface area contributed by atoms with Crippen LogP contribution in [-0.2, 0) is 4.79 Å². The lowest BCUT2D eigenvalue weighted by Crippen LogP contribution is -2.37. The molecule has 0 aliphatic carbocycles. The van der Waals surface area contributed by atoms with E-state index in [2.05, 4.69) is 36.6 Å². The zero-order valence-electron chi connectivity index (χ0n) is 10.6. The Hall–Kier alpha value is -0.710. The summed E-state index contributed by atoms with van der Waals surface area (Å²) in [5.41, 5.74) is 2.16. The fourth-order valence-corrected chi connectivity index (χ4v) is 2.69. The van der Waals surface area contributed by atoms with Gasteiger partial charge >= 0.3 is 0 Å². The monoisotopic (exact) mass is 286 g/mol.